The molecule has 25 heavy (non-hydrogen) atoms. The average molecular weight is 385 g/mol. The summed E-state index contributed by atoms with van der Waals surface area (Å²) in [5.74, 6) is -1.02. The van der Waals surface area contributed by atoms with Gasteiger partial charge in [-0.25, -0.2) is 12.7 Å². The van der Waals surface area contributed by atoms with Gasteiger partial charge in [-0.2, -0.15) is 0 Å². The zero-order valence-electron chi connectivity index (χ0n) is 14.5. The van der Waals surface area contributed by atoms with E-state index in [1.807, 2.05) is 6.26 Å². The number of sulfonamides is 1. The van der Waals surface area contributed by atoms with Gasteiger partial charge in [0.15, 0.2) is 0 Å². The van der Waals surface area contributed by atoms with E-state index in [4.69, 9.17) is 0 Å². The summed E-state index contributed by atoms with van der Waals surface area (Å²) in [6.07, 6.45) is 2.03. The second-order valence-electron chi connectivity index (χ2n) is 6.87. The van der Waals surface area contributed by atoms with Crippen molar-refractivity contribution in [2.45, 2.75) is 18.4 Å². The minimum absolute atomic E-state index is 0.0148. The number of fused-ring (bicyclic) bond motifs is 1. The Morgan fingerprint density at radius 1 is 1.28 bits per heavy atom. The lowest BCUT2D eigenvalue weighted by atomic mass is 9.81. The molecule has 0 bridgehead atoms. The quantitative estimate of drug-likeness (QED) is 0.751. The Morgan fingerprint density at radius 2 is 1.96 bits per heavy atom. The molecule has 0 spiro atoms. The summed E-state index contributed by atoms with van der Waals surface area (Å²) in [5, 5.41) is 9.83. The first-order chi connectivity index (χ1) is 11.8. The van der Waals surface area contributed by atoms with Crippen molar-refractivity contribution in [2.24, 2.45) is 11.3 Å². The number of hydrogen-bond donors (Lipinski definition) is 1. The summed E-state index contributed by atoms with van der Waals surface area (Å²) in [4.78, 5) is 15.3. The first-order valence-electron chi connectivity index (χ1n) is 8.37. The van der Waals surface area contributed by atoms with E-state index in [2.05, 4.69) is 29.2 Å². The molecule has 0 saturated carbocycles. The van der Waals surface area contributed by atoms with Crippen molar-refractivity contribution in [3.8, 4) is 0 Å². The second kappa shape index (κ2) is 6.90. The van der Waals surface area contributed by atoms with Crippen LogP contribution in [0.3, 0.4) is 0 Å². The van der Waals surface area contributed by atoms with Gasteiger partial charge < -0.3 is 5.11 Å². The first-order valence-corrected chi connectivity index (χ1v) is 11.2. The largest absolute Gasteiger partial charge is 0.481 e. The molecule has 0 aliphatic carbocycles. The summed E-state index contributed by atoms with van der Waals surface area (Å²) in [6.45, 7) is 3.71. The highest BCUT2D eigenvalue weighted by atomic mass is 32.2. The van der Waals surface area contributed by atoms with E-state index in [0.717, 1.165) is 5.56 Å². The lowest BCUT2D eigenvalue weighted by Gasteiger charge is -2.25. The number of thioether (sulfide) groups is 1. The van der Waals surface area contributed by atoms with Crippen LogP contribution in [0.25, 0.3) is 0 Å². The third-order valence-corrected chi connectivity index (χ3v) is 7.94. The monoisotopic (exact) mass is 384 g/mol. The van der Waals surface area contributed by atoms with Gasteiger partial charge in [0.25, 0.3) is 0 Å². The summed E-state index contributed by atoms with van der Waals surface area (Å²) in [6, 6.07) is 8.28. The van der Waals surface area contributed by atoms with Crippen LogP contribution in [0.15, 0.2) is 29.2 Å². The van der Waals surface area contributed by atoms with Gasteiger partial charge in [-0.1, -0.05) is 12.1 Å². The number of carbonyl (C=O) groups is 1. The Kier molecular flexibility index (Phi) is 5.16. The van der Waals surface area contributed by atoms with Gasteiger partial charge in [0.05, 0.1) is 11.2 Å². The van der Waals surface area contributed by atoms with E-state index < -0.39 is 21.4 Å². The van der Waals surface area contributed by atoms with Crippen LogP contribution in [-0.2, 0) is 21.4 Å². The van der Waals surface area contributed by atoms with Gasteiger partial charge in [0.2, 0.25) is 10.0 Å². The van der Waals surface area contributed by atoms with Crippen LogP contribution in [0.1, 0.15) is 12.5 Å². The molecule has 2 aliphatic heterocycles. The molecule has 0 radical (unpaired) electrons. The average Bonchev–Trinajstić information content (AvgIpc) is 3.11. The SMILES string of the molecule is CCS(=O)(=O)N1C[C@@H]2CN(Cc3ccc(SC)cc3)C[C@]2(C(=O)O)C1. The zero-order valence-corrected chi connectivity index (χ0v) is 16.1. The minimum Gasteiger partial charge on any atom is -0.481 e. The minimum atomic E-state index is -3.35. The van der Waals surface area contributed by atoms with Crippen LogP contribution in [0, 0.1) is 11.3 Å². The molecule has 2 fully saturated rings. The van der Waals surface area contributed by atoms with E-state index >= 15 is 0 Å². The fourth-order valence-electron chi connectivity index (χ4n) is 3.93. The molecule has 0 aromatic heterocycles. The molecule has 3 rings (SSSR count). The topological polar surface area (TPSA) is 77.9 Å². The summed E-state index contributed by atoms with van der Waals surface area (Å²) < 4.78 is 25.7. The molecule has 0 amide bonds. The highest BCUT2D eigenvalue weighted by Gasteiger charge is 2.59. The number of likely N-dealkylation sites (tertiary alicyclic amines) is 1. The number of hydrogen-bond acceptors (Lipinski definition) is 5. The molecule has 2 atom stereocenters. The summed E-state index contributed by atoms with van der Waals surface area (Å²) in [7, 11) is -3.35. The van der Waals surface area contributed by atoms with E-state index in [0.29, 0.717) is 26.2 Å². The first kappa shape index (κ1) is 18.7. The van der Waals surface area contributed by atoms with Crippen LogP contribution in [0.5, 0.6) is 0 Å². The van der Waals surface area contributed by atoms with Crippen molar-refractivity contribution in [3.63, 3.8) is 0 Å². The van der Waals surface area contributed by atoms with Gasteiger partial charge in [0, 0.05) is 43.5 Å². The van der Waals surface area contributed by atoms with E-state index in [9.17, 15) is 18.3 Å². The number of rotatable bonds is 6. The van der Waals surface area contributed by atoms with Gasteiger partial charge in [0.1, 0.15) is 0 Å². The molecule has 8 heteroatoms. The Balaban J connectivity index is 1.74. The molecule has 1 aromatic rings. The fourth-order valence-corrected chi connectivity index (χ4v) is 5.54. The Labute approximate surface area is 153 Å². The van der Waals surface area contributed by atoms with E-state index in [1.54, 1.807) is 18.7 Å². The highest BCUT2D eigenvalue weighted by molar-refractivity contribution is 7.98. The van der Waals surface area contributed by atoms with Gasteiger partial charge >= 0.3 is 5.97 Å². The number of aliphatic carboxylic acids is 1. The zero-order chi connectivity index (χ0) is 18.2. The number of carboxylic acid groups (broad SMARTS) is 1. The van der Waals surface area contributed by atoms with Gasteiger partial charge in [-0.15, -0.1) is 11.8 Å². The Morgan fingerprint density at radius 3 is 2.48 bits per heavy atom. The van der Waals surface area contributed by atoms with Crippen LogP contribution in [0.4, 0.5) is 0 Å². The van der Waals surface area contributed by atoms with Crippen LogP contribution in [-0.4, -0.2) is 66.9 Å². The third kappa shape index (κ3) is 3.45. The van der Waals surface area contributed by atoms with E-state index in [-0.39, 0.29) is 18.2 Å². The highest BCUT2D eigenvalue weighted by Crippen LogP contribution is 2.44. The predicted molar refractivity (Wildman–Crippen MR) is 98.1 cm³/mol. The van der Waals surface area contributed by atoms with E-state index in [1.165, 1.54) is 9.20 Å². The van der Waals surface area contributed by atoms with Gasteiger partial charge in [-0.05, 0) is 30.9 Å². The van der Waals surface area contributed by atoms with Crippen LogP contribution >= 0.6 is 11.8 Å². The maximum Gasteiger partial charge on any atom is 0.312 e. The molecule has 2 saturated heterocycles. The van der Waals surface area contributed by atoms with Crippen molar-refractivity contribution < 1.29 is 18.3 Å². The number of benzene rings is 1. The molecule has 2 heterocycles. The smallest absolute Gasteiger partial charge is 0.312 e. The van der Waals surface area contributed by atoms with Crippen molar-refractivity contribution >= 4 is 27.8 Å². The Bertz CT molecular complexity index is 750. The van der Waals surface area contributed by atoms with Gasteiger partial charge in [-0.3, -0.25) is 9.69 Å². The van der Waals surface area contributed by atoms with Crippen LogP contribution in [0.2, 0.25) is 0 Å². The summed E-state index contributed by atoms with van der Waals surface area (Å²) >= 11 is 1.69. The molecule has 1 aromatic carbocycles. The molecule has 2 aliphatic rings. The third-order valence-electron chi connectivity index (χ3n) is 5.40. The number of nitrogens with zero attached hydrogens (tertiary/aromatic N) is 2. The predicted octanol–water partition coefficient (Wildman–Crippen LogP) is 1.58. The van der Waals surface area contributed by atoms with Crippen molar-refractivity contribution in [1.29, 1.82) is 0 Å². The number of carboxylic acids is 1. The fraction of sp³-hybridized carbons (Fsp3) is 0.588. The lowest BCUT2D eigenvalue weighted by Crippen LogP contribution is -2.42. The molecule has 6 nitrogen and oxygen atoms in total. The van der Waals surface area contributed by atoms with Crippen molar-refractivity contribution in [3.05, 3.63) is 29.8 Å². The summed E-state index contributed by atoms with van der Waals surface area (Å²) in [5.41, 5.74) is 0.165. The molecule has 138 valence electrons. The van der Waals surface area contributed by atoms with Crippen LogP contribution < -0.4 is 0 Å². The molecule has 1 N–H and O–H groups in total. The Hall–Kier alpha value is -1.09. The maximum atomic E-state index is 12.1. The normalized spacial score (nSPS) is 27.5. The van der Waals surface area contributed by atoms with Crippen molar-refractivity contribution in [2.75, 3.05) is 38.2 Å². The second-order valence-corrected chi connectivity index (χ2v) is 10.0. The molecule has 0 unspecified atom stereocenters. The molecular formula is C17H24N2O4S2. The van der Waals surface area contributed by atoms with Crippen molar-refractivity contribution in [1.82, 2.24) is 9.21 Å². The molecular weight excluding hydrogens is 360 g/mol. The lowest BCUT2D eigenvalue weighted by molar-refractivity contribution is -0.148. The standard InChI is InChI=1S/C17H24N2O4S2/c1-3-25(22,23)19-10-14-9-18(11-17(14,12-19)16(20)21)8-13-4-6-15(24-2)7-5-13/h4-7,14H,3,8-12H2,1-2H3,(H,20,21)/t14-,17-/m0/s1. The maximum absolute atomic E-state index is 12.1.